The number of nitrogens with zero attached hydrogens (tertiary/aromatic N) is 1. The third-order valence-electron chi connectivity index (χ3n) is 3.35. The minimum atomic E-state index is 0.290. The Hall–Kier alpha value is -0.610. The highest BCUT2D eigenvalue weighted by Gasteiger charge is 2.20. The van der Waals surface area contributed by atoms with E-state index < -0.39 is 0 Å². The zero-order chi connectivity index (χ0) is 12.0. The van der Waals surface area contributed by atoms with E-state index in [-0.39, 0.29) is 0 Å². The fourth-order valence-corrected chi connectivity index (χ4v) is 2.37. The first kappa shape index (κ1) is 13.5. The van der Waals surface area contributed by atoms with Crippen LogP contribution in [0.3, 0.4) is 0 Å². The summed E-state index contributed by atoms with van der Waals surface area (Å²) in [6.07, 6.45) is 4.17. The summed E-state index contributed by atoms with van der Waals surface area (Å²) in [5.74, 6) is 0.943. The van der Waals surface area contributed by atoms with Gasteiger partial charge in [-0.05, 0) is 32.2 Å². The lowest BCUT2D eigenvalue weighted by atomic mass is 10.00. The van der Waals surface area contributed by atoms with E-state index in [4.69, 9.17) is 15.9 Å². The summed E-state index contributed by atoms with van der Waals surface area (Å²) in [5, 5.41) is 7.37. The molecule has 3 N–H and O–H groups in total. The van der Waals surface area contributed by atoms with Crippen LogP contribution in [0.15, 0.2) is 0 Å². The lowest BCUT2D eigenvalue weighted by Crippen LogP contribution is -2.39. The van der Waals surface area contributed by atoms with Crippen LogP contribution in [-0.2, 0) is 4.74 Å². The Bertz CT molecular complexity index is 214. The highest BCUT2D eigenvalue weighted by molar-refractivity contribution is 5.77. The van der Waals surface area contributed by atoms with Gasteiger partial charge in [-0.3, -0.25) is 5.41 Å². The van der Waals surface area contributed by atoms with E-state index in [2.05, 4.69) is 18.9 Å². The third kappa shape index (κ3) is 4.49. The van der Waals surface area contributed by atoms with Crippen LogP contribution < -0.4 is 5.73 Å². The van der Waals surface area contributed by atoms with Crippen molar-refractivity contribution < 1.29 is 4.74 Å². The van der Waals surface area contributed by atoms with Gasteiger partial charge in [0.2, 0.25) is 0 Å². The second kappa shape index (κ2) is 6.86. The van der Waals surface area contributed by atoms with Crippen molar-refractivity contribution in [3.05, 3.63) is 0 Å². The number of nitrogens with two attached hydrogens (primary N) is 1. The third-order valence-corrected chi connectivity index (χ3v) is 3.35. The average molecular weight is 227 g/mol. The van der Waals surface area contributed by atoms with E-state index in [1.807, 2.05) is 0 Å². The summed E-state index contributed by atoms with van der Waals surface area (Å²) in [7, 11) is 2.13. The molecule has 4 nitrogen and oxygen atoms in total. The zero-order valence-corrected chi connectivity index (χ0v) is 10.5. The smallest absolute Gasteiger partial charge is 0.0921 e. The molecule has 1 fully saturated rings. The molecule has 1 rings (SSSR count). The van der Waals surface area contributed by atoms with Crippen molar-refractivity contribution in [2.24, 2.45) is 11.7 Å². The minimum Gasteiger partial charge on any atom is -0.388 e. The van der Waals surface area contributed by atoms with Crippen LogP contribution in [-0.4, -0.2) is 43.6 Å². The molecule has 0 amide bonds. The molecule has 1 heterocycles. The van der Waals surface area contributed by atoms with E-state index in [0.717, 1.165) is 26.2 Å². The number of rotatable bonds is 6. The van der Waals surface area contributed by atoms with Crippen molar-refractivity contribution in [2.75, 3.05) is 26.8 Å². The second-order valence-corrected chi connectivity index (χ2v) is 4.81. The Balaban J connectivity index is 2.35. The predicted octanol–water partition coefficient (Wildman–Crippen LogP) is 1.45. The van der Waals surface area contributed by atoms with Gasteiger partial charge >= 0.3 is 0 Å². The molecule has 0 aromatic carbocycles. The molecule has 2 unspecified atom stereocenters. The Kier molecular flexibility index (Phi) is 5.77. The van der Waals surface area contributed by atoms with Crippen LogP contribution in [0.4, 0.5) is 0 Å². The number of nitrogens with one attached hydrogen (secondary N) is 1. The molecule has 0 radical (unpaired) electrons. The number of hydrogen-bond donors (Lipinski definition) is 2. The Morgan fingerprint density at radius 1 is 1.62 bits per heavy atom. The Morgan fingerprint density at radius 3 is 2.88 bits per heavy atom. The molecule has 0 aromatic rings. The van der Waals surface area contributed by atoms with Crippen LogP contribution in [0.1, 0.15) is 32.6 Å². The first-order valence-electron chi connectivity index (χ1n) is 6.24. The van der Waals surface area contributed by atoms with Crippen LogP contribution in [0.5, 0.6) is 0 Å². The molecule has 2 atom stereocenters. The number of amidine groups is 1. The fraction of sp³-hybridized carbons (Fsp3) is 0.917. The van der Waals surface area contributed by atoms with Crippen molar-refractivity contribution in [3.63, 3.8) is 0 Å². The van der Waals surface area contributed by atoms with Crippen molar-refractivity contribution in [1.82, 2.24) is 4.90 Å². The largest absolute Gasteiger partial charge is 0.388 e. The molecule has 16 heavy (non-hydrogen) atoms. The van der Waals surface area contributed by atoms with E-state index >= 15 is 0 Å². The molecule has 94 valence electrons. The van der Waals surface area contributed by atoms with Gasteiger partial charge in [-0.15, -0.1) is 0 Å². The molecule has 0 aliphatic carbocycles. The summed E-state index contributed by atoms with van der Waals surface area (Å²) in [6.45, 7) is 5.03. The molecular weight excluding hydrogens is 202 g/mol. The van der Waals surface area contributed by atoms with Crippen LogP contribution >= 0.6 is 0 Å². The molecule has 1 aliphatic rings. The van der Waals surface area contributed by atoms with Gasteiger partial charge in [0.05, 0.1) is 12.4 Å². The van der Waals surface area contributed by atoms with Gasteiger partial charge in [-0.25, -0.2) is 0 Å². The van der Waals surface area contributed by atoms with E-state index in [1.54, 1.807) is 0 Å². The Morgan fingerprint density at radius 2 is 2.38 bits per heavy atom. The van der Waals surface area contributed by atoms with Crippen molar-refractivity contribution >= 4 is 5.84 Å². The SMILES string of the molecule is CCC(CC(=N)N)N(C)CC1CCCOC1. The minimum absolute atomic E-state index is 0.290. The number of hydrogen-bond acceptors (Lipinski definition) is 3. The molecule has 1 saturated heterocycles. The Labute approximate surface area is 98.6 Å². The van der Waals surface area contributed by atoms with Crippen molar-refractivity contribution in [1.29, 1.82) is 5.41 Å². The van der Waals surface area contributed by atoms with Crippen LogP contribution in [0.25, 0.3) is 0 Å². The number of ether oxygens (including phenoxy) is 1. The first-order valence-corrected chi connectivity index (χ1v) is 6.24. The molecule has 1 aliphatic heterocycles. The van der Waals surface area contributed by atoms with Gasteiger partial charge in [0.1, 0.15) is 0 Å². The quantitative estimate of drug-likeness (QED) is 0.533. The van der Waals surface area contributed by atoms with Crippen LogP contribution in [0.2, 0.25) is 0 Å². The summed E-state index contributed by atoms with van der Waals surface area (Å²) in [5.41, 5.74) is 5.47. The van der Waals surface area contributed by atoms with E-state index in [0.29, 0.717) is 24.2 Å². The summed E-state index contributed by atoms with van der Waals surface area (Å²) in [4.78, 5) is 2.33. The van der Waals surface area contributed by atoms with Gasteiger partial charge in [-0.1, -0.05) is 6.92 Å². The fourth-order valence-electron chi connectivity index (χ4n) is 2.37. The van der Waals surface area contributed by atoms with E-state index in [1.165, 1.54) is 12.8 Å². The second-order valence-electron chi connectivity index (χ2n) is 4.81. The van der Waals surface area contributed by atoms with E-state index in [9.17, 15) is 0 Å². The molecular formula is C12H25N3O. The summed E-state index contributed by atoms with van der Waals surface area (Å²) in [6, 6.07) is 0.402. The standard InChI is InChI=1S/C12H25N3O/c1-3-11(7-12(13)14)15(2)8-10-5-4-6-16-9-10/h10-11H,3-9H2,1-2H3,(H3,13,14). The molecule has 0 spiro atoms. The normalized spacial score (nSPS) is 23.3. The van der Waals surface area contributed by atoms with Gasteiger partial charge in [0.25, 0.3) is 0 Å². The lowest BCUT2D eigenvalue weighted by molar-refractivity contribution is 0.0363. The molecule has 0 aromatic heterocycles. The van der Waals surface area contributed by atoms with Crippen molar-refractivity contribution in [2.45, 2.75) is 38.6 Å². The molecule has 0 bridgehead atoms. The summed E-state index contributed by atoms with van der Waals surface area (Å²) < 4.78 is 5.48. The van der Waals surface area contributed by atoms with Gasteiger partial charge in [0, 0.05) is 25.6 Å². The van der Waals surface area contributed by atoms with Crippen molar-refractivity contribution in [3.8, 4) is 0 Å². The molecule has 0 saturated carbocycles. The monoisotopic (exact) mass is 227 g/mol. The lowest BCUT2D eigenvalue weighted by Gasteiger charge is -2.32. The van der Waals surface area contributed by atoms with Crippen LogP contribution in [0, 0.1) is 11.3 Å². The van der Waals surface area contributed by atoms with Gasteiger partial charge in [-0.2, -0.15) is 0 Å². The maximum absolute atomic E-state index is 7.37. The first-order chi connectivity index (χ1) is 7.63. The summed E-state index contributed by atoms with van der Waals surface area (Å²) >= 11 is 0. The topological polar surface area (TPSA) is 62.3 Å². The zero-order valence-electron chi connectivity index (χ0n) is 10.5. The molecule has 4 heteroatoms. The van der Waals surface area contributed by atoms with Gasteiger partial charge in [0.15, 0.2) is 0 Å². The highest BCUT2D eigenvalue weighted by Crippen LogP contribution is 2.17. The highest BCUT2D eigenvalue weighted by atomic mass is 16.5. The maximum atomic E-state index is 7.37. The maximum Gasteiger partial charge on any atom is 0.0921 e. The average Bonchev–Trinajstić information content (AvgIpc) is 2.26. The predicted molar refractivity (Wildman–Crippen MR) is 66.8 cm³/mol. The van der Waals surface area contributed by atoms with Gasteiger partial charge < -0.3 is 15.4 Å².